The summed E-state index contributed by atoms with van der Waals surface area (Å²) in [7, 11) is 3.55. The van der Waals surface area contributed by atoms with Crippen LogP contribution in [0.1, 0.15) is 186 Å². The van der Waals surface area contributed by atoms with Crippen molar-refractivity contribution in [2.75, 3.05) is 14.1 Å². The van der Waals surface area contributed by atoms with Crippen LogP contribution in [0.4, 0.5) is 9.59 Å². The van der Waals surface area contributed by atoms with Crippen LogP contribution in [0.5, 0.6) is 0 Å². The second kappa shape index (κ2) is 23.9. The predicted octanol–water partition coefficient (Wildman–Crippen LogP) is 10.7. The normalized spacial score (nSPS) is 25.2. The van der Waals surface area contributed by atoms with Crippen molar-refractivity contribution < 1.29 is 39.3 Å². The Balaban J connectivity index is 0.000000192. The van der Waals surface area contributed by atoms with Crippen LogP contribution in [0, 0.1) is 16.7 Å². The van der Waals surface area contributed by atoms with E-state index in [0.717, 1.165) is 101 Å². The Morgan fingerprint density at radius 3 is 1.42 bits per heavy atom. The fourth-order valence-electron chi connectivity index (χ4n) is 11.3. The van der Waals surface area contributed by atoms with Crippen LogP contribution in [0.15, 0.2) is 60.7 Å². The average molecular weight is 901 g/mol. The second-order valence-electron chi connectivity index (χ2n) is 19.8. The minimum atomic E-state index is -0.840. The lowest BCUT2D eigenvalue weighted by atomic mass is 9.67. The fraction of sp³-hybridized carbons (Fsp3) is 0.679. The van der Waals surface area contributed by atoms with Gasteiger partial charge in [0.25, 0.3) is 0 Å². The lowest BCUT2D eigenvalue weighted by Gasteiger charge is -2.42. The van der Waals surface area contributed by atoms with Gasteiger partial charge in [0.05, 0.1) is 47.2 Å². The van der Waals surface area contributed by atoms with E-state index in [0.29, 0.717) is 38.5 Å². The summed E-state index contributed by atoms with van der Waals surface area (Å²) < 4.78 is 0. The first-order valence-electron chi connectivity index (χ1n) is 25.1. The third kappa shape index (κ3) is 11.5. The maximum absolute atomic E-state index is 13.9. The monoisotopic (exact) mass is 901 g/mol. The molecule has 3 aliphatic carbocycles. The van der Waals surface area contributed by atoms with E-state index in [1.54, 1.807) is 23.9 Å². The zero-order valence-corrected chi connectivity index (χ0v) is 40.3. The number of aliphatic carboxylic acids is 1. The molecule has 65 heavy (non-hydrogen) atoms. The zero-order valence-electron chi connectivity index (χ0n) is 40.3. The number of carboxylic acid groups (broad SMARTS) is 1. The summed E-state index contributed by atoms with van der Waals surface area (Å²) in [6.45, 7) is 8.16. The molecule has 2 aliphatic heterocycles. The number of hydrogen-bond acceptors (Lipinski definition) is 7. The van der Waals surface area contributed by atoms with Crippen molar-refractivity contribution in [3.8, 4) is 0 Å². The number of carboxylic acids is 1. The molecule has 0 bridgehead atoms. The number of amides is 6. The number of benzene rings is 2. The van der Waals surface area contributed by atoms with E-state index < -0.39 is 29.0 Å². The lowest BCUT2D eigenvalue weighted by Crippen LogP contribution is -2.53. The van der Waals surface area contributed by atoms with Crippen molar-refractivity contribution in [1.29, 1.82) is 0 Å². The van der Waals surface area contributed by atoms with E-state index in [9.17, 15) is 39.3 Å². The van der Waals surface area contributed by atoms with Crippen molar-refractivity contribution >= 4 is 29.8 Å². The molecule has 0 radical (unpaired) electrons. The molecule has 2 saturated heterocycles. The molecule has 12 nitrogen and oxygen atoms in total. The molecule has 3 N–H and O–H groups in total. The summed E-state index contributed by atoms with van der Waals surface area (Å²) in [5, 5.41) is 30.4. The van der Waals surface area contributed by atoms with Crippen LogP contribution < -0.4 is 0 Å². The van der Waals surface area contributed by atoms with Crippen LogP contribution in [0.25, 0.3) is 0 Å². The average Bonchev–Trinajstić information content (AvgIpc) is 3.71. The number of carbonyl (C=O) groups is 5. The number of rotatable bonds is 13. The molecule has 5 fully saturated rings. The molecule has 360 valence electrons. The number of likely N-dealkylation sites (N-methyl/N-ethyl adjacent to an activating group) is 2. The highest BCUT2D eigenvalue weighted by atomic mass is 16.4. The largest absolute Gasteiger partial charge is 0.481 e. The molecule has 5 aliphatic rings. The van der Waals surface area contributed by atoms with Crippen molar-refractivity contribution in [1.82, 2.24) is 19.6 Å². The molecular formula is C53H80N4O8. The number of unbranched alkanes of at least 4 members (excludes halogenated alkanes) is 2. The van der Waals surface area contributed by atoms with Gasteiger partial charge < -0.3 is 25.1 Å². The molecule has 2 aromatic rings. The van der Waals surface area contributed by atoms with E-state index in [-0.39, 0.29) is 54.0 Å². The number of hydrogen-bond donors (Lipinski definition) is 3. The van der Waals surface area contributed by atoms with E-state index >= 15 is 0 Å². The summed E-state index contributed by atoms with van der Waals surface area (Å²) in [4.78, 5) is 70.3. The maximum Gasteiger partial charge on any atom is 0.327 e. The highest BCUT2D eigenvalue weighted by Gasteiger charge is 2.55. The van der Waals surface area contributed by atoms with Crippen LogP contribution in [0.2, 0.25) is 0 Å². The quantitative estimate of drug-likeness (QED) is 0.179. The fourth-order valence-corrected chi connectivity index (χ4v) is 11.3. The summed E-state index contributed by atoms with van der Waals surface area (Å²) in [6, 6.07) is 18.7. The molecule has 3 saturated carbocycles. The first-order chi connectivity index (χ1) is 31.2. The minimum Gasteiger partial charge on any atom is -0.481 e. The molecule has 2 heterocycles. The third-order valence-corrected chi connectivity index (χ3v) is 15.7. The Bertz CT molecular complexity index is 1840. The van der Waals surface area contributed by atoms with Gasteiger partial charge in [-0.1, -0.05) is 158 Å². The molecule has 0 unspecified atom stereocenters. The van der Waals surface area contributed by atoms with Gasteiger partial charge in [0, 0.05) is 20.0 Å². The molecule has 6 atom stereocenters. The van der Waals surface area contributed by atoms with Crippen molar-refractivity contribution in [2.24, 2.45) is 16.7 Å². The Hall–Kier alpha value is -4.29. The van der Waals surface area contributed by atoms with Crippen molar-refractivity contribution in [2.45, 2.75) is 199 Å². The highest BCUT2D eigenvalue weighted by Crippen LogP contribution is 2.47. The number of aliphatic hydroxyl groups excluding tert-OH is 2. The first kappa shape index (κ1) is 51.7. The Morgan fingerprint density at radius 2 is 0.985 bits per heavy atom. The maximum atomic E-state index is 13.9. The van der Waals surface area contributed by atoms with Crippen LogP contribution in [0.3, 0.4) is 0 Å². The molecule has 2 aromatic carbocycles. The van der Waals surface area contributed by atoms with Crippen LogP contribution >= 0.6 is 0 Å². The highest BCUT2D eigenvalue weighted by molar-refractivity contribution is 6.00. The second-order valence-corrected chi connectivity index (χ2v) is 19.8. The van der Waals surface area contributed by atoms with E-state index in [2.05, 4.69) is 13.8 Å². The van der Waals surface area contributed by atoms with Gasteiger partial charge in [0.15, 0.2) is 0 Å². The number of imide groups is 2. The molecule has 0 aromatic heterocycles. The number of urea groups is 2. The Labute approximate surface area is 389 Å². The van der Waals surface area contributed by atoms with Gasteiger partial charge >= 0.3 is 18.0 Å². The van der Waals surface area contributed by atoms with Gasteiger partial charge in [-0.3, -0.25) is 24.2 Å². The lowest BCUT2D eigenvalue weighted by molar-refractivity contribution is -0.160. The summed E-state index contributed by atoms with van der Waals surface area (Å²) >= 11 is 0. The number of aliphatic hydroxyl groups is 2. The summed E-state index contributed by atoms with van der Waals surface area (Å²) in [6.07, 6.45) is 17.5. The van der Waals surface area contributed by atoms with Gasteiger partial charge in [-0.15, -0.1) is 0 Å². The van der Waals surface area contributed by atoms with Crippen LogP contribution in [-0.4, -0.2) is 103 Å². The zero-order chi connectivity index (χ0) is 47.3. The van der Waals surface area contributed by atoms with Gasteiger partial charge in [-0.25, -0.2) is 9.59 Å². The van der Waals surface area contributed by atoms with Gasteiger partial charge in [-0.2, -0.15) is 0 Å². The first-order valence-corrected chi connectivity index (χ1v) is 25.1. The molecule has 7 rings (SSSR count). The number of nitrogens with zero attached hydrogens (tertiary/aromatic N) is 4. The van der Waals surface area contributed by atoms with Crippen LogP contribution in [-0.2, 0) is 14.4 Å². The van der Waals surface area contributed by atoms with E-state index in [1.807, 2.05) is 74.5 Å². The van der Waals surface area contributed by atoms with Gasteiger partial charge in [0.1, 0.15) is 0 Å². The van der Waals surface area contributed by atoms with Crippen molar-refractivity contribution in [3.05, 3.63) is 71.8 Å². The molecular weight excluding hydrogens is 821 g/mol. The summed E-state index contributed by atoms with van der Waals surface area (Å²) in [5.74, 6) is -0.936. The van der Waals surface area contributed by atoms with E-state index in [4.69, 9.17) is 0 Å². The van der Waals surface area contributed by atoms with E-state index in [1.165, 1.54) is 16.2 Å². The summed E-state index contributed by atoms with van der Waals surface area (Å²) in [5.41, 5.74) is 0.334. The van der Waals surface area contributed by atoms with Gasteiger partial charge in [0.2, 0.25) is 11.8 Å². The molecule has 0 spiro atoms. The Kier molecular flexibility index (Phi) is 19.0. The van der Waals surface area contributed by atoms with Crippen molar-refractivity contribution in [3.63, 3.8) is 0 Å². The predicted molar refractivity (Wildman–Crippen MR) is 254 cm³/mol. The smallest absolute Gasteiger partial charge is 0.327 e. The Morgan fingerprint density at radius 1 is 0.600 bits per heavy atom. The molecule has 12 heteroatoms. The third-order valence-electron chi connectivity index (χ3n) is 15.7. The molecule has 6 amide bonds. The number of carbonyl (C=O) groups excluding carboxylic acids is 4. The SMILES string of the molecule is CCCC[C@H](O)C1(C(=O)N2C(=O)N(C)[C@@H](C)[C@H]2c2ccccc2)CCCCC1.CCCC[C@H](O)C1(C(=O)O)CCCCC1.C[C@H]1[C@@H](c2ccccc2)N(C(=O)C2CCCCC2)C(=O)N1C. The topological polar surface area (TPSA) is 159 Å². The standard InChI is InChI=1S/C23H34N2O3.C18H24N2O2.C12H22O3/c1-4-5-14-19(26)23(15-10-7-11-16-23)21(27)25-20(17(2)24(3)22(25)28)18-12-8-6-9-13-18;1-13-16(14-9-5-3-6-10-14)20(18(22)19(13)2)17(21)15-11-7-4-8-12-15;1-2-3-7-10(13)12(11(14)15)8-5-4-6-9-12/h6,8-9,12-13,17,19-20,26H,4-5,7,10-11,14-16H2,1-3H3;3,5-6,9-10,13,15-16H,4,7-8,11-12H2,1-2H3;10,13H,2-9H2,1H3,(H,14,15)/t17-,19-,20-;13-,16-;10-/m000/s1. The van der Waals surface area contributed by atoms with Gasteiger partial charge in [-0.05, 0) is 76.3 Å². The minimum absolute atomic E-state index is 0.00226.